The van der Waals surface area contributed by atoms with Crippen LogP contribution in [-0.4, -0.2) is 37.8 Å². The van der Waals surface area contributed by atoms with Crippen molar-refractivity contribution in [3.8, 4) is 0 Å². The highest BCUT2D eigenvalue weighted by atomic mass is 32.2. The van der Waals surface area contributed by atoms with Gasteiger partial charge in [-0.15, -0.1) is 11.3 Å². The molecular weight excluding hydrogens is 460 g/mol. The number of hydrogen-bond donors (Lipinski definition) is 2. The maximum absolute atomic E-state index is 13.3. The van der Waals surface area contributed by atoms with E-state index in [1.54, 1.807) is 18.2 Å². The summed E-state index contributed by atoms with van der Waals surface area (Å²) in [6.07, 6.45) is 7.49. The molecule has 1 aliphatic heterocycles. The third-order valence-electron chi connectivity index (χ3n) is 6.46. The SMILES string of the molecule is CC(C)(C)[C@H]1CCc2c(sc(NC(=O)/C=C/c3ccco3)c2C(=O)N[C@H]2CCS(=O)(=O)C2)C1. The van der Waals surface area contributed by atoms with Crippen molar-refractivity contribution in [2.45, 2.75) is 52.5 Å². The third kappa shape index (κ3) is 5.58. The van der Waals surface area contributed by atoms with E-state index < -0.39 is 15.9 Å². The van der Waals surface area contributed by atoms with E-state index >= 15 is 0 Å². The zero-order valence-electron chi connectivity index (χ0n) is 19.1. The lowest BCUT2D eigenvalue weighted by atomic mass is 9.72. The Balaban J connectivity index is 1.59. The number of nitrogens with one attached hydrogen (secondary N) is 2. The van der Waals surface area contributed by atoms with Crippen molar-refractivity contribution in [3.05, 3.63) is 46.2 Å². The second-order valence-corrected chi connectivity index (χ2v) is 13.3. The Labute approximate surface area is 198 Å². The number of anilines is 1. The Bertz CT molecular complexity index is 1170. The Morgan fingerprint density at radius 2 is 2.03 bits per heavy atom. The maximum Gasteiger partial charge on any atom is 0.254 e. The number of fused-ring (bicyclic) bond motifs is 1. The van der Waals surface area contributed by atoms with E-state index in [-0.39, 0.29) is 28.7 Å². The number of carbonyl (C=O) groups is 2. The quantitative estimate of drug-likeness (QED) is 0.615. The fourth-order valence-electron chi connectivity index (χ4n) is 4.52. The fourth-order valence-corrected chi connectivity index (χ4v) is 7.52. The van der Waals surface area contributed by atoms with Crippen molar-refractivity contribution >= 4 is 44.1 Å². The molecule has 3 heterocycles. The number of sulfone groups is 1. The molecule has 4 rings (SSSR count). The second kappa shape index (κ2) is 9.10. The van der Waals surface area contributed by atoms with Crippen molar-refractivity contribution in [1.82, 2.24) is 5.32 Å². The molecule has 33 heavy (non-hydrogen) atoms. The van der Waals surface area contributed by atoms with Gasteiger partial charge in [0.05, 0.1) is 23.3 Å². The minimum atomic E-state index is -3.11. The van der Waals surface area contributed by atoms with Crippen LogP contribution in [-0.2, 0) is 27.5 Å². The summed E-state index contributed by atoms with van der Waals surface area (Å²) in [4.78, 5) is 27.0. The third-order valence-corrected chi connectivity index (χ3v) is 9.40. The molecule has 2 amide bonds. The molecule has 9 heteroatoms. The van der Waals surface area contributed by atoms with Crippen molar-refractivity contribution in [3.63, 3.8) is 0 Å². The van der Waals surface area contributed by atoms with E-state index in [1.807, 2.05) is 0 Å². The smallest absolute Gasteiger partial charge is 0.254 e. The van der Waals surface area contributed by atoms with Crippen LogP contribution in [0.3, 0.4) is 0 Å². The molecule has 0 unspecified atom stereocenters. The van der Waals surface area contributed by atoms with Crippen molar-refractivity contribution < 1.29 is 22.4 Å². The molecule has 2 N–H and O–H groups in total. The molecule has 0 aromatic carbocycles. The van der Waals surface area contributed by atoms with E-state index in [0.717, 1.165) is 29.7 Å². The lowest BCUT2D eigenvalue weighted by Gasteiger charge is -2.33. The van der Waals surface area contributed by atoms with E-state index in [4.69, 9.17) is 4.42 Å². The van der Waals surface area contributed by atoms with Gasteiger partial charge >= 0.3 is 0 Å². The predicted molar refractivity (Wildman–Crippen MR) is 130 cm³/mol. The lowest BCUT2D eigenvalue weighted by Crippen LogP contribution is -2.36. The topological polar surface area (TPSA) is 105 Å². The van der Waals surface area contributed by atoms with Crippen molar-refractivity contribution in [2.75, 3.05) is 16.8 Å². The molecule has 1 saturated heterocycles. The van der Waals surface area contributed by atoms with Crippen LogP contribution in [0.5, 0.6) is 0 Å². The van der Waals surface area contributed by atoms with Gasteiger partial charge < -0.3 is 15.1 Å². The molecule has 7 nitrogen and oxygen atoms in total. The van der Waals surface area contributed by atoms with E-state index in [0.29, 0.717) is 28.7 Å². The second-order valence-electron chi connectivity index (χ2n) is 9.93. The average molecular weight is 491 g/mol. The highest BCUT2D eigenvalue weighted by molar-refractivity contribution is 7.91. The minimum absolute atomic E-state index is 0.0370. The Kier molecular flexibility index (Phi) is 6.55. The highest BCUT2D eigenvalue weighted by Gasteiger charge is 2.35. The van der Waals surface area contributed by atoms with Gasteiger partial charge in [-0.3, -0.25) is 9.59 Å². The van der Waals surface area contributed by atoms with Crippen molar-refractivity contribution in [1.29, 1.82) is 0 Å². The first-order valence-corrected chi connectivity index (χ1v) is 13.8. The summed E-state index contributed by atoms with van der Waals surface area (Å²) in [7, 11) is -3.11. The van der Waals surface area contributed by atoms with Gasteiger partial charge in [0, 0.05) is 17.0 Å². The van der Waals surface area contributed by atoms with Gasteiger partial charge in [-0.2, -0.15) is 0 Å². The van der Waals surface area contributed by atoms with Gasteiger partial charge in [-0.05, 0) is 60.8 Å². The largest absolute Gasteiger partial charge is 0.465 e. The molecule has 178 valence electrons. The molecular formula is C24H30N2O5S2. The zero-order valence-corrected chi connectivity index (χ0v) is 20.8. The van der Waals surface area contributed by atoms with Gasteiger partial charge in [0.25, 0.3) is 5.91 Å². The van der Waals surface area contributed by atoms with Crippen LogP contribution in [0.25, 0.3) is 6.08 Å². The van der Waals surface area contributed by atoms with E-state index in [2.05, 4.69) is 31.4 Å². The molecule has 1 fully saturated rings. The minimum Gasteiger partial charge on any atom is -0.465 e. The Morgan fingerprint density at radius 1 is 1.24 bits per heavy atom. The number of furan rings is 1. The first-order chi connectivity index (χ1) is 15.5. The van der Waals surface area contributed by atoms with Crippen LogP contribution in [0.4, 0.5) is 5.00 Å². The molecule has 2 aliphatic rings. The normalized spacial score (nSPS) is 22.3. The van der Waals surface area contributed by atoms with E-state index in [1.165, 1.54) is 23.7 Å². The maximum atomic E-state index is 13.3. The Hall–Kier alpha value is -2.39. The molecule has 2 atom stereocenters. The van der Waals surface area contributed by atoms with Gasteiger partial charge in [0.15, 0.2) is 9.84 Å². The predicted octanol–water partition coefficient (Wildman–Crippen LogP) is 4.06. The summed E-state index contributed by atoms with van der Waals surface area (Å²) in [6, 6.07) is 3.09. The van der Waals surface area contributed by atoms with Gasteiger partial charge in [0.1, 0.15) is 10.8 Å². The summed E-state index contributed by atoms with van der Waals surface area (Å²) >= 11 is 1.45. The number of rotatable bonds is 5. The van der Waals surface area contributed by atoms with Crippen LogP contribution in [0.2, 0.25) is 0 Å². The molecule has 1 aliphatic carbocycles. The standard InChI is InChI=1S/C24H30N2O5S2/c1-24(2,3)15-6-8-18-19(13-15)32-23(26-20(27)9-7-17-5-4-11-31-17)21(18)22(28)25-16-10-12-33(29,30)14-16/h4-5,7,9,11,15-16H,6,8,10,12-14H2,1-3H3,(H,25,28)(H,26,27)/b9-7+/t15-,16-/m0/s1. The average Bonchev–Trinajstić information content (AvgIpc) is 3.43. The molecule has 0 radical (unpaired) electrons. The van der Waals surface area contributed by atoms with Gasteiger partial charge in [-0.25, -0.2) is 8.42 Å². The zero-order chi connectivity index (χ0) is 23.8. The summed E-state index contributed by atoms with van der Waals surface area (Å²) in [6.45, 7) is 6.69. The number of thiophene rings is 1. The first-order valence-electron chi connectivity index (χ1n) is 11.2. The number of carbonyl (C=O) groups excluding carboxylic acids is 2. The highest BCUT2D eigenvalue weighted by Crippen LogP contribution is 2.44. The number of amides is 2. The molecule has 0 saturated carbocycles. The van der Waals surface area contributed by atoms with Crippen LogP contribution < -0.4 is 10.6 Å². The first kappa shape index (κ1) is 23.8. The van der Waals surface area contributed by atoms with Crippen LogP contribution >= 0.6 is 11.3 Å². The van der Waals surface area contributed by atoms with Crippen LogP contribution in [0.1, 0.15) is 60.2 Å². The van der Waals surface area contributed by atoms with Crippen LogP contribution in [0, 0.1) is 11.3 Å². The molecule has 2 aromatic heterocycles. The van der Waals surface area contributed by atoms with Crippen molar-refractivity contribution in [2.24, 2.45) is 11.3 Å². The summed E-state index contributed by atoms with van der Waals surface area (Å²) in [5.41, 5.74) is 1.60. The monoisotopic (exact) mass is 490 g/mol. The molecule has 0 bridgehead atoms. The van der Waals surface area contributed by atoms with Gasteiger partial charge in [-0.1, -0.05) is 20.8 Å². The summed E-state index contributed by atoms with van der Waals surface area (Å²) in [5.74, 6) is 0.439. The number of hydrogen-bond acceptors (Lipinski definition) is 6. The lowest BCUT2D eigenvalue weighted by molar-refractivity contribution is -0.111. The summed E-state index contributed by atoms with van der Waals surface area (Å²) < 4.78 is 28.9. The van der Waals surface area contributed by atoms with Crippen LogP contribution in [0.15, 0.2) is 28.9 Å². The van der Waals surface area contributed by atoms with Gasteiger partial charge in [0.2, 0.25) is 5.91 Å². The molecule has 2 aromatic rings. The molecule has 0 spiro atoms. The fraction of sp³-hybridized carbons (Fsp3) is 0.500. The Morgan fingerprint density at radius 3 is 2.67 bits per heavy atom. The summed E-state index contributed by atoms with van der Waals surface area (Å²) in [5, 5.41) is 6.29. The van der Waals surface area contributed by atoms with E-state index in [9.17, 15) is 18.0 Å².